The molecule has 0 unspecified atom stereocenters. The smallest absolute Gasteiger partial charge is 0.120 e. The first-order valence-electron chi connectivity index (χ1n) is 9.01. The monoisotopic (exact) mass is 388 g/mol. The van der Waals surface area contributed by atoms with Crippen LogP contribution >= 0.6 is 11.8 Å². The molecule has 1 saturated heterocycles. The zero-order valence-corrected chi connectivity index (χ0v) is 16.7. The number of aliphatic hydroxyl groups is 1. The molecule has 0 aromatic heterocycles. The van der Waals surface area contributed by atoms with E-state index >= 15 is 0 Å². The third kappa shape index (κ3) is 6.57. The van der Waals surface area contributed by atoms with Crippen molar-refractivity contribution in [2.45, 2.75) is 11.5 Å². The fourth-order valence-electron chi connectivity index (χ4n) is 3.02. The molecule has 1 N–H and O–H groups in total. The average molecular weight is 389 g/mol. The van der Waals surface area contributed by atoms with Crippen molar-refractivity contribution < 1.29 is 14.6 Å². The maximum Gasteiger partial charge on any atom is 0.120 e. The summed E-state index contributed by atoms with van der Waals surface area (Å²) in [7, 11) is 1.71. The molecule has 146 valence electrons. The van der Waals surface area contributed by atoms with E-state index < -0.39 is 0 Å². The molecule has 6 heteroatoms. The number of rotatable bonds is 7. The summed E-state index contributed by atoms with van der Waals surface area (Å²) >= 11 is 1.88. The largest absolute Gasteiger partial charge is 0.497 e. The predicted molar refractivity (Wildman–Crippen MR) is 112 cm³/mol. The highest BCUT2D eigenvalue weighted by molar-refractivity contribution is 7.99. The van der Waals surface area contributed by atoms with Crippen LogP contribution in [0.15, 0.2) is 53.4 Å². The van der Waals surface area contributed by atoms with Gasteiger partial charge in [-0.1, -0.05) is 18.2 Å². The molecular weight excluding hydrogens is 360 g/mol. The van der Waals surface area contributed by atoms with Crippen molar-refractivity contribution >= 4 is 24.2 Å². The van der Waals surface area contributed by atoms with E-state index in [1.807, 2.05) is 36.8 Å². The van der Waals surface area contributed by atoms with Crippen LogP contribution in [0.1, 0.15) is 5.56 Å². The number of methoxy groups -OCH3 is 1. The Labute approximate surface area is 165 Å². The number of nitrogens with zero attached hydrogens (tertiary/aromatic N) is 2. The van der Waals surface area contributed by atoms with E-state index in [9.17, 15) is 0 Å². The van der Waals surface area contributed by atoms with Gasteiger partial charge in [0.15, 0.2) is 0 Å². The number of benzene rings is 2. The zero-order chi connectivity index (χ0) is 19.5. The minimum absolute atomic E-state index is 0.114. The summed E-state index contributed by atoms with van der Waals surface area (Å²) in [5, 5.41) is 9.08. The molecule has 2 aromatic carbocycles. The van der Waals surface area contributed by atoms with E-state index in [1.165, 1.54) is 10.6 Å². The molecule has 5 nitrogen and oxygen atoms in total. The van der Waals surface area contributed by atoms with Gasteiger partial charge in [0.25, 0.3) is 0 Å². The van der Waals surface area contributed by atoms with Gasteiger partial charge in [-0.25, -0.2) is 0 Å². The molecule has 0 amide bonds. The van der Waals surface area contributed by atoms with Crippen LogP contribution in [0.3, 0.4) is 0 Å². The standard InChI is InChI=1S/C20H26N2O2S.CH2O/c1-24-19-4-2-3-18(15-19)22-11-9-21(10-12-22)13-14-25-20-7-5-17(16-23)6-8-20;1-2/h2-8,15,23H,9-14,16H2,1H3;1H2. The summed E-state index contributed by atoms with van der Waals surface area (Å²) < 4.78 is 5.32. The van der Waals surface area contributed by atoms with Gasteiger partial charge >= 0.3 is 0 Å². The topological polar surface area (TPSA) is 53.0 Å². The number of thioether (sulfide) groups is 1. The molecule has 0 aliphatic carbocycles. The first-order chi connectivity index (χ1) is 13.3. The molecule has 0 atom stereocenters. The first-order valence-corrected chi connectivity index (χ1v) is 10.00. The van der Waals surface area contributed by atoms with Crippen LogP contribution in [0.4, 0.5) is 5.69 Å². The van der Waals surface area contributed by atoms with Crippen molar-refractivity contribution in [1.82, 2.24) is 4.90 Å². The predicted octanol–water partition coefficient (Wildman–Crippen LogP) is 2.92. The molecule has 1 fully saturated rings. The van der Waals surface area contributed by atoms with Crippen LogP contribution in [-0.2, 0) is 11.4 Å². The minimum atomic E-state index is 0.114. The van der Waals surface area contributed by atoms with Crippen molar-refractivity contribution in [2.24, 2.45) is 0 Å². The fraction of sp³-hybridized carbons (Fsp3) is 0.381. The van der Waals surface area contributed by atoms with Gasteiger partial charge < -0.3 is 19.5 Å². The van der Waals surface area contributed by atoms with Crippen molar-refractivity contribution in [1.29, 1.82) is 0 Å². The number of carbonyl (C=O) groups excluding carboxylic acids is 1. The molecule has 0 bridgehead atoms. The van der Waals surface area contributed by atoms with Crippen molar-refractivity contribution in [3.8, 4) is 5.75 Å². The lowest BCUT2D eigenvalue weighted by atomic mass is 10.2. The maximum atomic E-state index is 9.08. The maximum absolute atomic E-state index is 9.08. The van der Waals surface area contributed by atoms with Gasteiger partial charge in [0.2, 0.25) is 0 Å². The lowest BCUT2D eigenvalue weighted by Gasteiger charge is -2.36. The summed E-state index contributed by atoms with van der Waals surface area (Å²) in [6.07, 6.45) is 0. The molecule has 0 saturated carbocycles. The van der Waals surface area contributed by atoms with Gasteiger partial charge in [0.05, 0.1) is 13.7 Å². The quantitative estimate of drug-likeness (QED) is 0.736. The second kappa shape index (κ2) is 11.6. The normalized spacial score (nSPS) is 14.4. The Kier molecular flexibility index (Phi) is 9.18. The van der Waals surface area contributed by atoms with Crippen molar-refractivity contribution in [2.75, 3.05) is 50.5 Å². The Morgan fingerprint density at radius 2 is 1.78 bits per heavy atom. The third-order valence-corrected chi connectivity index (χ3v) is 5.57. The number of anilines is 1. The Morgan fingerprint density at radius 3 is 2.41 bits per heavy atom. The second-order valence-corrected chi connectivity index (χ2v) is 7.35. The lowest BCUT2D eigenvalue weighted by Crippen LogP contribution is -2.47. The van der Waals surface area contributed by atoms with Crippen LogP contribution in [0.5, 0.6) is 5.75 Å². The summed E-state index contributed by atoms with van der Waals surface area (Å²) in [4.78, 5) is 14.2. The Balaban J connectivity index is 0.00000126. The summed E-state index contributed by atoms with van der Waals surface area (Å²) in [5.74, 6) is 2.01. The number of hydrogen-bond acceptors (Lipinski definition) is 6. The van der Waals surface area contributed by atoms with Gasteiger partial charge in [-0.05, 0) is 29.8 Å². The molecule has 1 heterocycles. The molecular formula is C21H28N2O3S. The first kappa shape index (κ1) is 21.3. The van der Waals surface area contributed by atoms with Gasteiger partial charge in [-0.15, -0.1) is 11.8 Å². The van der Waals surface area contributed by atoms with Crippen molar-refractivity contribution in [3.05, 3.63) is 54.1 Å². The molecule has 27 heavy (non-hydrogen) atoms. The molecule has 1 aliphatic rings. The molecule has 1 aliphatic heterocycles. The van der Waals surface area contributed by atoms with E-state index in [-0.39, 0.29) is 6.61 Å². The number of piperazine rings is 1. The SMILES string of the molecule is C=O.COc1cccc(N2CCN(CCSc3ccc(CO)cc3)CC2)c1. The Hall–Kier alpha value is -2.02. The van der Waals surface area contributed by atoms with E-state index in [1.54, 1.807) is 7.11 Å². The number of carbonyl (C=O) groups is 1. The average Bonchev–Trinajstić information content (AvgIpc) is 2.76. The van der Waals surface area contributed by atoms with Crippen molar-refractivity contribution in [3.63, 3.8) is 0 Å². The molecule has 0 spiro atoms. The van der Waals surface area contributed by atoms with E-state index in [4.69, 9.17) is 14.6 Å². The van der Waals surface area contributed by atoms with Gasteiger partial charge in [-0.3, -0.25) is 4.90 Å². The highest BCUT2D eigenvalue weighted by Gasteiger charge is 2.17. The van der Waals surface area contributed by atoms with Gasteiger partial charge in [-0.2, -0.15) is 0 Å². The Bertz CT molecular complexity index is 673. The summed E-state index contributed by atoms with van der Waals surface area (Å²) in [5.41, 5.74) is 2.22. The highest BCUT2D eigenvalue weighted by Crippen LogP contribution is 2.23. The molecule has 0 radical (unpaired) electrons. The van der Waals surface area contributed by atoms with E-state index in [0.717, 1.165) is 49.8 Å². The number of aliphatic hydroxyl groups excluding tert-OH is 1. The van der Waals surface area contributed by atoms with Crippen LogP contribution in [-0.4, -0.2) is 62.4 Å². The van der Waals surface area contributed by atoms with Crippen LogP contribution in [0.25, 0.3) is 0 Å². The Morgan fingerprint density at radius 1 is 1.07 bits per heavy atom. The number of hydrogen-bond donors (Lipinski definition) is 1. The van der Waals surface area contributed by atoms with Crippen LogP contribution in [0, 0.1) is 0 Å². The zero-order valence-electron chi connectivity index (χ0n) is 15.8. The van der Waals surface area contributed by atoms with E-state index in [0.29, 0.717) is 0 Å². The van der Waals surface area contributed by atoms with Crippen LogP contribution in [0.2, 0.25) is 0 Å². The summed E-state index contributed by atoms with van der Waals surface area (Å²) in [6.45, 7) is 7.54. The minimum Gasteiger partial charge on any atom is -0.497 e. The van der Waals surface area contributed by atoms with Gasteiger partial charge in [0.1, 0.15) is 12.5 Å². The lowest BCUT2D eigenvalue weighted by molar-refractivity contribution is -0.0979. The van der Waals surface area contributed by atoms with Crippen LogP contribution < -0.4 is 9.64 Å². The summed E-state index contributed by atoms with van der Waals surface area (Å²) in [6, 6.07) is 16.5. The second-order valence-electron chi connectivity index (χ2n) is 6.18. The molecule has 2 aromatic rings. The molecule has 3 rings (SSSR count). The van der Waals surface area contributed by atoms with Gasteiger partial charge in [0, 0.05) is 55.1 Å². The number of ether oxygens (including phenoxy) is 1. The van der Waals surface area contributed by atoms with E-state index in [2.05, 4.69) is 40.1 Å². The fourth-order valence-corrected chi connectivity index (χ4v) is 3.93. The third-order valence-electron chi connectivity index (χ3n) is 4.57. The highest BCUT2D eigenvalue weighted by atomic mass is 32.2.